The van der Waals surface area contributed by atoms with Crippen LogP contribution in [0.1, 0.15) is 48.2 Å². The van der Waals surface area contributed by atoms with E-state index in [4.69, 9.17) is 0 Å². The van der Waals surface area contributed by atoms with Crippen molar-refractivity contribution in [3.05, 3.63) is 57.8 Å². The molecule has 152 valence electrons. The molecule has 0 aliphatic carbocycles. The van der Waals surface area contributed by atoms with Crippen molar-refractivity contribution in [3.63, 3.8) is 0 Å². The number of sulfonamides is 1. The van der Waals surface area contributed by atoms with Crippen molar-refractivity contribution in [2.24, 2.45) is 5.92 Å². The topological polar surface area (TPSA) is 66.5 Å². The molecule has 7 heteroatoms. The van der Waals surface area contributed by atoms with Crippen molar-refractivity contribution in [2.75, 3.05) is 19.3 Å². The molecule has 1 aliphatic rings. The first kappa shape index (κ1) is 21.0. The number of hydrogen-bond donors (Lipinski definition) is 1. The van der Waals surface area contributed by atoms with Gasteiger partial charge < -0.3 is 5.32 Å². The first-order chi connectivity index (χ1) is 13.4. The van der Waals surface area contributed by atoms with Crippen molar-refractivity contribution in [1.82, 2.24) is 9.62 Å². The molecule has 0 spiro atoms. The molecule has 1 amide bonds. The Kier molecular flexibility index (Phi) is 6.91. The Balaban J connectivity index is 1.71. The molecule has 1 aromatic carbocycles. The molecule has 3 rings (SSSR count). The predicted molar refractivity (Wildman–Crippen MR) is 114 cm³/mol. The van der Waals surface area contributed by atoms with Crippen LogP contribution in [0.4, 0.5) is 0 Å². The largest absolute Gasteiger partial charge is 0.344 e. The van der Waals surface area contributed by atoms with Gasteiger partial charge in [-0.25, -0.2) is 12.7 Å². The van der Waals surface area contributed by atoms with Crippen molar-refractivity contribution in [1.29, 1.82) is 0 Å². The van der Waals surface area contributed by atoms with E-state index in [1.807, 2.05) is 17.5 Å². The van der Waals surface area contributed by atoms with Gasteiger partial charge in [0.15, 0.2) is 0 Å². The van der Waals surface area contributed by atoms with Gasteiger partial charge in [0.2, 0.25) is 15.9 Å². The van der Waals surface area contributed by atoms with E-state index in [9.17, 15) is 13.2 Å². The van der Waals surface area contributed by atoms with Crippen LogP contribution in [0.5, 0.6) is 0 Å². The van der Waals surface area contributed by atoms with Crippen LogP contribution in [-0.4, -0.2) is 38.0 Å². The number of thiophene rings is 1. The summed E-state index contributed by atoms with van der Waals surface area (Å²) in [5.74, 6) is -0.149. The highest BCUT2D eigenvalue weighted by Gasteiger charge is 2.30. The van der Waals surface area contributed by atoms with Crippen LogP contribution in [0, 0.1) is 5.92 Å². The number of benzene rings is 1. The Labute approximate surface area is 171 Å². The average Bonchev–Trinajstić information content (AvgIpc) is 3.21. The summed E-state index contributed by atoms with van der Waals surface area (Å²) >= 11 is 1.63. The van der Waals surface area contributed by atoms with Crippen LogP contribution in [0.25, 0.3) is 0 Å². The lowest BCUT2D eigenvalue weighted by atomic mass is 9.95. The van der Waals surface area contributed by atoms with Crippen molar-refractivity contribution in [2.45, 2.75) is 38.6 Å². The van der Waals surface area contributed by atoms with Crippen LogP contribution in [0.15, 0.2) is 41.8 Å². The maximum atomic E-state index is 12.9. The first-order valence-electron chi connectivity index (χ1n) is 9.76. The normalized spacial score (nSPS) is 17.4. The zero-order chi connectivity index (χ0) is 20.1. The highest BCUT2D eigenvalue weighted by molar-refractivity contribution is 7.88. The average molecular weight is 421 g/mol. The van der Waals surface area contributed by atoms with Crippen molar-refractivity contribution in [3.8, 4) is 0 Å². The van der Waals surface area contributed by atoms with Gasteiger partial charge in [-0.1, -0.05) is 43.7 Å². The van der Waals surface area contributed by atoms with E-state index in [-0.39, 0.29) is 17.9 Å². The second kappa shape index (κ2) is 9.20. The Morgan fingerprint density at radius 2 is 1.89 bits per heavy atom. The third-order valence-corrected chi connectivity index (χ3v) is 7.50. The lowest BCUT2D eigenvalue weighted by Crippen LogP contribution is -2.43. The Morgan fingerprint density at radius 3 is 2.43 bits per heavy atom. The zero-order valence-electron chi connectivity index (χ0n) is 16.4. The highest BCUT2D eigenvalue weighted by Crippen LogP contribution is 2.28. The molecule has 2 heterocycles. The highest BCUT2D eigenvalue weighted by atomic mass is 32.2. The van der Waals surface area contributed by atoms with E-state index in [0.29, 0.717) is 25.9 Å². The van der Waals surface area contributed by atoms with E-state index in [0.717, 1.165) is 23.3 Å². The fourth-order valence-electron chi connectivity index (χ4n) is 3.65. The molecule has 0 bridgehead atoms. The van der Waals surface area contributed by atoms with Crippen molar-refractivity contribution >= 4 is 27.3 Å². The molecular formula is C21H28N2O3S2. The molecule has 28 heavy (non-hydrogen) atoms. The maximum Gasteiger partial charge on any atom is 0.223 e. The van der Waals surface area contributed by atoms with Crippen LogP contribution in [-0.2, 0) is 21.2 Å². The van der Waals surface area contributed by atoms with Gasteiger partial charge in [-0.05, 0) is 41.8 Å². The number of amides is 1. The first-order valence-corrected chi connectivity index (χ1v) is 12.5. The minimum Gasteiger partial charge on any atom is -0.344 e. The second-order valence-corrected chi connectivity index (χ2v) is 10.3. The molecule has 0 saturated carbocycles. The fraction of sp³-hybridized carbons (Fsp3) is 0.476. The zero-order valence-corrected chi connectivity index (χ0v) is 18.1. The number of nitrogens with zero attached hydrogens (tertiary/aromatic N) is 1. The molecule has 0 radical (unpaired) electrons. The SMILES string of the molecule is CCCc1ccc(C(NC(=O)C2CCN(S(C)(=O)=O)CC2)c2cccs2)cc1. The summed E-state index contributed by atoms with van der Waals surface area (Å²) in [6.07, 6.45) is 4.51. The molecular weight excluding hydrogens is 392 g/mol. The lowest BCUT2D eigenvalue weighted by molar-refractivity contribution is -0.126. The molecule has 2 aromatic rings. The van der Waals surface area contributed by atoms with Gasteiger partial charge in [0, 0.05) is 23.9 Å². The van der Waals surface area contributed by atoms with Crippen LogP contribution >= 0.6 is 11.3 Å². The summed E-state index contributed by atoms with van der Waals surface area (Å²) in [7, 11) is -3.18. The third kappa shape index (κ3) is 5.21. The van der Waals surface area contributed by atoms with E-state index >= 15 is 0 Å². The number of aryl methyl sites for hydroxylation is 1. The molecule has 1 atom stereocenters. The van der Waals surface area contributed by atoms with Crippen molar-refractivity contribution < 1.29 is 13.2 Å². The number of nitrogens with one attached hydrogen (secondary N) is 1. The van der Waals surface area contributed by atoms with Gasteiger partial charge in [0.25, 0.3) is 0 Å². The Morgan fingerprint density at radius 1 is 1.21 bits per heavy atom. The van der Waals surface area contributed by atoms with Gasteiger partial charge in [-0.2, -0.15) is 0 Å². The Hall–Kier alpha value is -1.70. The van der Waals surface area contributed by atoms with E-state index in [1.54, 1.807) is 11.3 Å². The summed E-state index contributed by atoms with van der Waals surface area (Å²) in [6.45, 7) is 2.98. The summed E-state index contributed by atoms with van der Waals surface area (Å²) in [5.41, 5.74) is 2.37. The molecule has 1 fully saturated rings. The predicted octanol–water partition coefficient (Wildman–Crippen LogP) is 3.58. The third-order valence-electron chi connectivity index (χ3n) is 5.26. The minimum atomic E-state index is -3.18. The summed E-state index contributed by atoms with van der Waals surface area (Å²) < 4.78 is 24.8. The Bertz CT molecular complexity index is 869. The quantitative estimate of drug-likeness (QED) is 0.745. The summed E-state index contributed by atoms with van der Waals surface area (Å²) in [6, 6.07) is 12.3. The number of carbonyl (C=O) groups excluding carboxylic acids is 1. The fourth-order valence-corrected chi connectivity index (χ4v) is 5.33. The molecule has 1 aliphatic heterocycles. The second-order valence-electron chi connectivity index (χ2n) is 7.38. The van der Waals surface area contributed by atoms with Gasteiger partial charge in [-0.3, -0.25) is 4.79 Å². The molecule has 1 aromatic heterocycles. The molecule has 1 unspecified atom stereocenters. The van der Waals surface area contributed by atoms with Crippen LogP contribution in [0.3, 0.4) is 0 Å². The molecule has 1 saturated heterocycles. The lowest BCUT2D eigenvalue weighted by Gasteiger charge is -2.30. The number of rotatable bonds is 7. The van der Waals surface area contributed by atoms with E-state index in [1.165, 1.54) is 16.1 Å². The number of carbonyl (C=O) groups is 1. The van der Waals surface area contributed by atoms with E-state index in [2.05, 4.69) is 36.5 Å². The van der Waals surface area contributed by atoms with E-state index < -0.39 is 10.0 Å². The van der Waals surface area contributed by atoms with Gasteiger partial charge in [-0.15, -0.1) is 11.3 Å². The standard InChI is InChI=1S/C21H28N2O3S2/c1-3-5-16-7-9-17(10-8-16)20(19-6-4-15-27-19)22-21(24)18-11-13-23(14-12-18)28(2,25)26/h4,6-10,15,18,20H,3,5,11-14H2,1-2H3,(H,22,24). The van der Waals surface area contributed by atoms with Gasteiger partial charge >= 0.3 is 0 Å². The molecule has 1 N–H and O–H groups in total. The molecule has 5 nitrogen and oxygen atoms in total. The smallest absolute Gasteiger partial charge is 0.223 e. The van der Waals surface area contributed by atoms with Gasteiger partial charge in [0.1, 0.15) is 0 Å². The monoisotopic (exact) mass is 420 g/mol. The van der Waals surface area contributed by atoms with Crippen LogP contribution in [0.2, 0.25) is 0 Å². The number of piperidine rings is 1. The minimum absolute atomic E-state index is 0.00388. The van der Waals surface area contributed by atoms with Crippen LogP contribution < -0.4 is 5.32 Å². The number of hydrogen-bond acceptors (Lipinski definition) is 4. The summed E-state index contributed by atoms with van der Waals surface area (Å²) in [4.78, 5) is 14.0. The maximum absolute atomic E-state index is 12.9. The van der Waals surface area contributed by atoms with Gasteiger partial charge in [0.05, 0.1) is 12.3 Å². The summed E-state index contributed by atoms with van der Waals surface area (Å²) in [5, 5.41) is 5.23.